The molecule has 0 aliphatic carbocycles. The van der Waals surface area contributed by atoms with Crippen LogP contribution in [0.15, 0.2) is 76.6 Å². The fourth-order valence-electron chi connectivity index (χ4n) is 4.71. The number of halogens is 1. The molecule has 0 unspecified atom stereocenters. The second-order valence-corrected chi connectivity index (χ2v) is 8.52. The van der Waals surface area contributed by atoms with Gasteiger partial charge in [0.2, 0.25) is 5.78 Å². The van der Waals surface area contributed by atoms with Crippen LogP contribution in [0.1, 0.15) is 36.2 Å². The number of fused-ring (bicyclic) bond motifs is 2. The molecule has 8 nitrogen and oxygen atoms in total. The lowest BCUT2D eigenvalue weighted by atomic mass is 10.0. The summed E-state index contributed by atoms with van der Waals surface area (Å²) < 4.78 is 15.3. The number of likely N-dealkylation sites (tertiary alicyclic amines) is 1. The molecular weight excluding hydrogens is 447 g/mol. The van der Waals surface area contributed by atoms with Crippen LogP contribution < -0.4 is 5.69 Å². The van der Waals surface area contributed by atoms with Gasteiger partial charge < -0.3 is 9.88 Å². The Morgan fingerprint density at radius 2 is 2.09 bits per heavy atom. The van der Waals surface area contributed by atoms with Crippen molar-refractivity contribution >= 4 is 34.1 Å². The number of imidazole rings is 1. The van der Waals surface area contributed by atoms with Gasteiger partial charge in [-0.25, -0.2) is 14.2 Å². The van der Waals surface area contributed by atoms with E-state index in [-0.39, 0.29) is 29.0 Å². The third kappa shape index (κ3) is 4.21. The molecule has 0 spiro atoms. The van der Waals surface area contributed by atoms with Crippen molar-refractivity contribution in [1.82, 2.24) is 24.4 Å². The van der Waals surface area contributed by atoms with Crippen LogP contribution in [0, 0.1) is 5.82 Å². The summed E-state index contributed by atoms with van der Waals surface area (Å²) in [5.41, 5.74) is 3.15. The number of nitrogens with one attached hydrogen (secondary N) is 2. The zero-order chi connectivity index (χ0) is 24.5. The van der Waals surface area contributed by atoms with Crippen molar-refractivity contribution in [2.75, 3.05) is 13.1 Å². The van der Waals surface area contributed by atoms with E-state index < -0.39 is 0 Å². The van der Waals surface area contributed by atoms with Gasteiger partial charge in [0, 0.05) is 59.9 Å². The van der Waals surface area contributed by atoms with Crippen LogP contribution in [-0.2, 0) is 0 Å². The van der Waals surface area contributed by atoms with E-state index in [9.17, 15) is 14.0 Å². The number of piperidine rings is 1. The van der Waals surface area contributed by atoms with Crippen molar-refractivity contribution in [2.45, 2.75) is 25.8 Å². The fraction of sp³-hybridized carbons (Fsp3) is 0.231. The number of allylic oxidation sites excluding steroid dienone is 2. The highest BCUT2D eigenvalue weighted by Crippen LogP contribution is 2.27. The molecule has 2 N–H and O–H groups in total. The summed E-state index contributed by atoms with van der Waals surface area (Å²) in [7, 11) is 0. The SMILES string of the molecule is C=C(/C=C(\N=CC)C(=O)c1c[nH]c2cc(F)ccc12)N1CCC(n2c(=O)[nH]c3ncccc32)CC1. The van der Waals surface area contributed by atoms with Crippen molar-refractivity contribution < 1.29 is 9.18 Å². The van der Waals surface area contributed by atoms with Gasteiger partial charge in [-0.15, -0.1) is 0 Å². The van der Waals surface area contributed by atoms with E-state index in [0.29, 0.717) is 40.9 Å². The van der Waals surface area contributed by atoms with Gasteiger partial charge in [-0.1, -0.05) is 6.58 Å². The molecule has 0 radical (unpaired) electrons. The van der Waals surface area contributed by atoms with Crippen LogP contribution >= 0.6 is 0 Å². The molecule has 0 atom stereocenters. The largest absolute Gasteiger partial charge is 0.372 e. The summed E-state index contributed by atoms with van der Waals surface area (Å²) in [6, 6.07) is 8.05. The molecule has 5 rings (SSSR count). The van der Waals surface area contributed by atoms with Crippen molar-refractivity contribution in [2.24, 2.45) is 4.99 Å². The summed E-state index contributed by atoms with van der Waals surface area (Å²) in [5.74, 6) is -0.640. The van der Waals surface area contributed by atoms with Crippen molar-refractivity contribution in [3.8, 4) is 0 Å². The molecule has 4 aromatic rings. The number of aromatic amines is 2. The number of rotatable bonds is 6. The Bertz CT molecular complexity index is 1550. The van der Waals surface area contributed by atoms with Crippen LogP contribution in [0.2, 0.25) is 0 Å². The Morgan fingerprint density at radius 3 is 2.86 bits per heavy atom. The van der Waals surface area contributed by atoms with Crippen molar-refractivity contribution in [3.05, 3.63) is 88.6 Å². The van der Waals surface area contributed by atoms with Gasteiger partial charge in [0.05, 0.1) is 5.52 Å². The lowest BCUT2D eigenvalue weighted by molar-refractivity contribution is 0.103. The molecule has 1 aliphatic heterocycles. The highest BCUT2D eigenvalue weighted by atomic mass is 19.1. The minimum absolute atomic E-state index is 0.0508. The highest BCUT2D eigenvalue weighted by molar-refractivity contribution is 6.16. The monoisotopic (exact) mass is 472 g/mol. The van der Waals surface area contributed by atoms with Crippen LogP contribution in [0.3, 0.4) is 0 Å². The molecule has 0 saturated carbocycles. The van der Waals surface area contributed by atoms with Crippen LogP contribution in [0.4, 0.5) is 4.39 Å². The van der Waals surface area contributed by atoms with E-state index in [2.05, 4.69) is 31.4 Å². The number of hydrogen-bond donors (Lipinski definition) is 2. The Kier molecular flexibility index (Phi) is 5.90. The maximum absolute atomic E-state index is 13.5. The number of carbonyl (C=O) groups excluding carboxylic acids is 1. The number of Topliss-reactive ketones (excluding diaryl/α,β-unsaturated/α-hetero) is 1. The van der Waals surface area contributed by atoms with Gasteiger partial charge in [-0.3, -0.25) is 19.3 Å². The molecular formula is C26H25FN6O2. The zero-order valence-corrected chi connectivity index (χ0v) is 19.3. The molecule has 3 aromatic heterocycles. The molecule has 1 aromatic carbocycles. The molecule has 0 amide bonds. The van der Waals surface area contributed by atoms with Crippen molar-refractivity contribution in [1.29, 1.82) is 0 Å². The molecule has 35 heavy (non-hydrogen) atoms. The molecule has 0 bridgehead atoms. The van der Waals surface area contributed by atoms with Crippen molar-refractivity contribution in [3.63, 3.8) is 0 Å². The lowest BCUT2D eigenvalue weighted by Crippen LogP contribution is -2.36. The van der Waals surface area contributed by atoms with Crippen LogP contribution in [0.25, 0.3) is 22.1 Å². The van der Waals surface area contributed by atoms with Gasteiger partial charge in [-0.2, -0.15) is 0 Å². The number of pyridine rings is 1. The summed E-state index contributed by atoms with van der Waals surface area (Å²) in [6.07, 6.45) is 8.00. The van der Waals surface area contributed by atoms with E-state index in [1.54, 1.807) is 42.2 Å². The number of hydrogen-bond acceptors (Lipinski definition) is 5. The number of benzene rings is 1. The maximum atomic E-state index is 13.5. The van der Waals surface area contributed by atoms with Gasteiger partial charge in [0.1, 0.15) is 11.5 Å². The number of nitrogens with zero attached hydrogens (tertiary/aromatic N) is 4. The predicted octanol–water partition coefficient (Wildman–Crippen LogP) is 4.35. The fourth-order valence-corrected chi connectivity index (χ4v) is 4.71. The van der Waals surface area contributed by atoms with E-state index in [1.165, 1.54) is 12.1 Å². The van der Waals surface area contributed by atoms with Gasteiger partial charge >= 0.3 is 5.69 Å². The predicted molar refractivity (Wildman–Crippen MR) is 134 cm³/mol. The Labute approximate surface area is 200 Å². The summed E-state index contributed by atoms with van der Waals surface area (Å²) in [4.78, 5) is 42.2. The summed E-state index contributed by atoms with van der Waals surface area (Å²) in [6.45, 7) is 7.29. The molecule has 1 fully saturated rings. The molecule has 1 aliphatic rings. The quantitative estimate of drug-likeness (QED) is 0.189. The average molecular weight is 473 g/mol. The van der Waals surface area contributed by atoms with Crippen LogP contribution in [0.5, 0.6) is 0 Å². The first kappa shape index (κ1) is 22.5. The van der Waals surface area contributed by atoms with E-state index in [0.717, 1.165) is 18.4 Å². The minimum Gasteiger partial charge on any atom is -0.372 e. The average Bonchev–Trinajstić information content (AvgIpc) is 3.43. The normalized spacial score (nSPS) is 15.5. The first-order valence-corrected chi connectivity index (χ1v) is 11.5. The standard InChI is InChI=1S/C26H25FN6O2/c1-3-28-22(24(34)20-15-30-21-14-17(27)6-7-19(20)21)13-16(2)32-11-8-18(9-12-32)33-23-5-4-10-29-25(23)31-26(33)35/h3-7,10,13-15,18,30H,2,8-9,11-12H2,1H3,(H,29,31,35)/b22-13-,28-3?. The maximum Gasteiger partial charge on any atom is 0.327 e. The van der Waals surface area contributed by atoms with Crippen LogP contribution in [-0.4, -0.2) is 49.5 Å². The zero-order valence-electron chi connectivity index (χ0n) is 19.3. The van der Waals surface area contributed by atoms with E-state index >= 15 is 0 Å². The van der Waals surface area contributed by atoms with Gasteiger partial charge in [0.15, 0.2) is 5.65 Å². The molecule has 1 saturated heterocycles. The third-order valence-corrected chi connectivity index (χ3v) is 6.42. The number of H-pyrrole nitrogens is 2. The highest BCUT2D eigenvalue weighted by Gasteiger charge is 2.25. The minimum atomic E-state index is -0.372. The summed E-state index contributed by atoms with van der Waals surface area (Å²) in [5, 5.41) is 0.638. The van der Waals surface area contributed by atoms with E-state index in [1.807, 2.05) is 12.1 Å². The van der Waals surface area contributed by atoms with Gasteiger partial charge in [-0.05, 0) is 56.2 Å². The lowest BCUT2D eigenvalue weighted by Gasteiger charge is -2.34. The third-order valence-electron chi connectivity index (χ3n) is 6.42. The molecule has 178 valence electrons. The Morgan fingerprint density at radius 1 is 1.29 bits per heavy atom. The van der Waals surface area contributed by atoms with Gasteiger partial charge in [0.25, 0.3) is 0 Å². The summed E-state index contributed by atoms with van der Waals surface area (Å²) >= 11 is 0. The second kappa shape index (κ2) is 9.17. The number of ketones is 1. The first-order valence-electron chi connectivity index (χ1n) is 11.5. The number of aromatic nitrogens is 4. The Balaban J connectivity index is 1.34. The second-order valence-electron chi connectivity index (χ2n) is 8.52. The number of aliphatic imine (C=N–C) groups is 1. The number of carbonyl (C=O) groups is 1. The topological polar surface area (TPSA) is 99.1 Å². The molecule has 4 heterocycles. The first-order chi connectivity index (χ1) is 17.0. The molecule has 9 heteroatoms. The van der Waals surface area contributed by atoms with E-state index in [4.69, 9.17) is 0 Å². The smallest absolute Gasteiger partial charge is 0.327 e. The Hall–Kier alpha value is -4.27.